The number of nitrogens with zero attached hydrogens (tertiary/aromatic N) is 1. The molecule has 3 heteroatoms. The van der Waals surface area contributed by atoms with Gasteiger partial charge < -0.3 is 10.5 Å². The number of nitrogens with two attached hydrogens (primary N) is 1. The van der Waals surface area contributed by atoms with Crippen LogP contribution < -0.4 is 10.5 Å². The van der Waals surface area contributed by atoms with Crippen molar-refractivity contribution >= 4 is 0 Å². The maximum absolute atomic E-state index is 6.13. The smallest absolute Gasteiger partial charge is 0.127 e. The van der Waals surface area contributed by atoms with Crippen molar-refractivity contribution in [1.29, 1.82) is 0 Å². The van der Waals surface area contributed by atoms with Crippen molar-refractivity contribution in [3.05, 3.63) is 29.3 Å². The Bertz CT molecular complexity index is 474. The van der Waals surface area contributed by atoms with Gasteiger partial charge in [-0.3, -0.25) is 4.90 Å². The summed E-state index contributed by atoms with van der Waals surface area (Å²) in [6.07, 6.45) is 1.01. The lowest BCUT2D eigenvalue weighted by molar-refractivity contribution is 0.135. The molecule has 0 saturated carbocycles. The Balaban J connectivity index is 1.79. The van der Waals surface area contributed by atoms with Crippen molar-refractivity contribution in [2.75, 3.05) is 13.1 Å². The monoisotopic (exact) mass is 260 g/mol. The van der Waals surface area contributed by atoms with Crippen molar-refractivity contribution in [2.45, 2.75) is 45.4 Å². The third kappa shape index (κ3) is 2.49. The second-order valence-corrected chi connectivity index (χ2v) is 6.78. The van der Waals surface area contributed by atoms with E-state index in [-0.39, 0.29) is 5.60 Å². The first kappa shape index (κ1) is 12.9. The second-order valence-electron chi connectivity index (χ2n) is 6.78. The van der Waals surface area contributed by atoms with Gasteiger partial charge >= 0.3 is 0 Å². The summed E-state index contributed by atoms with van der Waals surface area (Å²) in [5.74, 6) is 1.70. The van der Waals surface area contributed by atoms with Gasteiger partial charge in [0, 0.05) is 37.7 Å². The van der Waals surface area contributed by atoms with Crippen molar-refractivity contribution in [1.82, 2.24) is 4.90 Å². The number of rotatable bonds is 2. The Labute approximate surface area is 115 Å². The summed E-state index contributed by atoms with van der Waals surface area (Å²) in [6, 6.07) is 6.84. The fourth-order valence-corrected chi connectivity index (χ4v) is 3.27. The van der Waals surface area contributed by atoms with Crippen LogP contribution in [0.1, 0.15) is 31.9 Å². The minimum atomic E-state index is -0.0624. The molecule has 0 amide bonds. The van der Waals surface area contributed by atoms with Crippen LogP contribution >= 0.6 is 0 Å². The van der Waals surface area contributed by atoms with Crippen LogP contribution in [0, 0.1) is 5.92 Å². The summed E-state index contributed by atoms with van der Waals surface area (Å²) in [6.45, 7) is 9.59. The number of ether oxygens (including phenoxy) is 1. The molecule has 104 valence electrons. The number of hydrogen-bond acceptors (Lipinski definition) is 3. The van der Waals surface area contributed by atoms with Gasteiger partial charge in [0.2, 0.25) is 0 Å². The summed E-state index contributed by atoms with van der Waals surface area (Å²) in [5.41, 5.74) is 8.70. The fraction of sp³-hybridized carbons (Fsp3) is 0.625. The van der Waals surface area contributed by atoms with Gasteiger partial charge in [-0.15, -0.1) is 0 Å². The Kier molecular flexibility index (Phi) is 3.06. The first-order valence-electron chi connectivity index (χ1n) is 7.22. The van der Waals surface area contributed by atoms with E-state index in [1.54, 1.807) is 0 Å². The van der Waals surface area contributed by atoms with Gasteiger partial charge in [-0.05, 0) is 25.3 Å². The molecular weight excluding hydrogens is 236 g/mol. The Hall–Kier alpha value is -1.06. The number of likely N-dealkylation sites (tertiary alicyclic amines) is 1. The zero-order chi connectivity index (χ0) is 13.6. The summed E-state index contributed by atoms with van der Waals surface area (Å²) < 4.78 is 6.13. The molecule has 2 unspecified atom stereocenters. The molecule has 19 heavy (non-hydrogen) atoms. The number of fused-ring (bicyclic) bond motifs is 1. The SMILES string of the molecule is CC1CN(Cc2cccc3c2OC(C)(C)C3)CC1N. The van der Waals surface area contributed by atoms with Gasteiger partial charge in [0.05, 0.1) is 0 Å². The van der Waals surface area contributed by atoms with E-state index in [0.29, 0.717) is 12.0 Å². The highest BCUT2D eigenvalue weighted by Gasteiger charge is 2.33. The minimum absolute atomic E-state index is 0.0624. The predicted octanol–water partition coefficient (Wildman–Crippen LogP) is 2.18. The van der Waals surface area contributed by atoms with Crippen molar-refractivity contribution in [2.24, 2.45) is 11.7 Å². The molecule has 2 heterocycles. The van der Waals surface area contributed by atoms with Gasteiger partial charge in [0.1, 0.15) is 11.4 Å². The Morgan fingerprint density at radius 1 is 1.37 bits per heavy atom. The molecule has 2 aliphatic rings. The second kappa shape index (κ2) is 4.50. The molecule has 2 atom stereocenters. The van der Waals surface area contributed by atoms with Crippen LogP contribution in [-0.2, 0) is 13.0 Å². The molecule has 1 saturated heterocycles. The first-order chi connectivity index (χ1) is 8.94. The lowest BCUT2D eigenvalue weighted by atomic mass is 10.0. The third-order valence-corrected chi connectivity index (χ3v) is 4.31. The lowest BCUT2D eigenvalue weighted by Gasteiger charge is -2.20. The highest BCUT2D eigenvalue weighted by molar-refractivity contribution is 5.45. The summed E-state index contributed by atoms with van der Waals surface area (Å²) in [5, 5.41) is 0. The molecule has 0 aromatic heterocycles. The van der Waals surface area contributed by atoms with E-state index < -0.39 is 0 Å². The molecule has 0 bridgehead atoms. The lowest BCUT2D eigenvalue weighted by Crippen LogP contribution is -2.28. The molecule has 1 aromatic carbocycles. The molecule has 0 aliphatic carbocycles. The molecule has 2 aliphatic heterocycles. The van der Waals surface area contributed by atoms with Gasteiger partial charge in [-0.25, -0.2) is 0 Å². The van der Waals surface area contributed by atoms with E-state index >= 15 is 0 Å². The van der Waals surface area contributed by atoms with Crippen molar-refractivity contribution in [3.63, 3.8) is 0 Å². The first-order valence-corrected chi connectivity index (χ1v) is 7.22. The van der Waals surface area contributed by atoms with Crippen LogP contribution in [-0.4, -0.2) is 29.6 Å². The summed E-state index contributed by atoms with van der Waals surface area (Å²) in [7, 11) is 0. The third-order valence-electron chi connectivity index (χ3n) is 4.31. The quantitative estimate of drug-likeness (QED) is 0.886. The zero-order valence-corrected chi connectivity index (χ0v) is 12.1. The number of hydrogen-bond donors (Lipinski definition) is 1. The van der Waals surface area contributed by atoms with Crippen LogP contribution in [0.5, 0.6) is 5.75 Å². The topological polar surface area (TPSA) is 38.5 Å². The molecule has 3 rings (SSSR count). The molecule has 0 radical (unpaired) electrons. The fourth-order valence-electron chi connectivity index (χ4n) is 3.27. The highest BCUT2D eigenvalue weighted by atomic mass is 16.5. The summed E-state index contributed by atoms with van der Waals surface area (Å²) >= 11 is 0. The van der Waals surface area contributed by atoms with E-state index in [0.717, 1.165) is 31.8 Å². The van der Waals surface area contributed by atoms with Crippen molar-refractivity contribution < 1.29 is 4.74 Å². The maximum Gasteiger partial charge on any atom is 0.127 e. The van der Waals surface area contributed by atoms with Gasteiger partial charge in [0.25, 0.3) is 0 Å². The standard InChI is InChI=1S/C16H24N2O/c1-11-8-18(10-14(11)17)9-13-6-4-5-12-7-16(2,3)19-15(12)13/h4-6,11,14H,7-10,17H2,1-3H3. The van der Waals surface area contributed by atoms with Crippen LogP contribution in [0.25, 0.3) is 0 Å². The van der Waals surface area contributed by atoms with E-state index in [1.807, 2.05) is 0 Å². The average Bonchev–Trinajstić information content (AvgIpc) is 2.79. The average molecular weight is 260 g/mol. The minimum Gasteiger partial charge on any atom is -0.487 e. The Morgan fingerprint density at radius 2 is 2.16 bits per heavy atom. The van der Waals surface area contributed by atoms with E-state index in [9.17, 15) is 0 Å². The van der Waals surface area contributed by atoms with E-state index in [4.69, 9.17) is 10.5 Å². The predicted molar refractivity (Wildman–Crippen MR) is 77.3 cm³/mol. The summed E-state index contributed by atoms with van der Waals surface area (Å²) in [4.78, 5) is 2.44. The zero-order valence-electron chi connectivity index (χ0n) is 12.1. The molecular formula is C16H24N2O. The van der Waals surface area contributed by atoms with Gasteiger partial charge in [-0.1, -0.05) is 25.1 Å². The Morgan fingerprint density at radius 3 is 2.84 bits per heavy atom. The molecule has 3 nitrogen and oxygen atoms in total. The van der Waals surface area contributed by atoms with Crippen LogP contribution in [0.15, 0.2) is 18.2 Å². The maximum atomic E-state index is 6.13. The number of para-hydroxylation sites is 1. The highest BCUT2D eigenvalue weighted by Crippen LogP contribution is 2.38. The number of benzene rings is 1. The van der Waals surface area contributed by atoms with Crippen molar-refractivity contribution in [3.8, 4) is 5.75 Å². The molecule has 2 N–H and O–H groups in total. The van der Waals surface area contributed by atoms with Crippen LogP contribution in [0.2, 0.25) is 0 Å². The van der Waals surface area contributed by atoms with E-state index in [1.165, 1.54) is 11.1 Å². The van der Waals surface area contributed by atoms with Crippen LogP contribution in [0.4, 0.5) is 0 Å². The largest absolute Gasteiger partial charge is 0.487 e. The molecule has 1 fully saturated rings. The normalized spacial score (nSPS) is 29.3. The molecule has 0 spiro atoms. The van der Waals surface area contributed by atoms with E-state index in [2.05, 4.69) is 43.9 Å². The molecule has 1 aromatic rings. The van der Waals surface area contributed by atoms with Gasteiger partial charge in [-0.2, -0.15) is 0 Å². The van der Waals surface area contributed by atoms with Gasteiger partial charge in [0.15, 0.2) is 0 Å². The van der Waals surface area contributed by atoms with Crippen LogP contribution in [0.3, 0.4) is 0 Å².